The molecule has 0 radical (unpaired) electrons. The predicted molar refractivity (Wildman–Crippen MR) is 69.8 cm³/mol. The molecule has 0 saturated heterocycles. The molecule has 1 aromatic heterocycles. The molecule has 1 aromatic rings. The van der Waals surface area contributed by atoms with E-state index in [4.69, 9.17) is 5.11 Å². The topological polar surface area (TPSA) is 79.5 Å². The number of pyridine rings is 1. The third-order valence-electron chi connectivity index (χ3n) is 2.78. The van der Waals surface area contributed by atoms with E-state index in [1.54, 1.807) is 13.0 Å². The van der Waals surface area contributed by atoms with E-state index in [0.717, 1.165) is 31.6 Å². The van der Waals surface area contributed by atoms with Gasteiger partial charge in [-0.2, -0.15) is 0 Å². The van der Waals surface area contributed by atoms with Crippen molar-refractivity contribution in [2.24, 2.45) is 0 Å². The number of aliphatic hydroxyl groups is 1. The average molecular weight is 253 g/mol. The summed E-state index contributed by atoms with van der Waals surface area (Å²) >= 11 is 0. The summed E-state index contributed by atoms with van der Waals surface area (Å²) in [4.78, 5) is 16.4. The van der Waals surface area contributed by atoms with Gasteiger partial charge in [-0.25, -0.2) is 4.98 Å². The molecule has 18 heavy (non-hydrogen) atoms. The second kappa shape index (κ2) is 6.90. The fourth-order valence-electron chi connectivity index (χ4n) is 1.70. The van der Waals surface area contributed by atoms with Gasteiger partial charge in [-0.3, -0.25) is 10.1 Å². The lowest BCUT2D eigenvalue weighted by Crippen LogP contribution is -2.20. The molecular weight excluding hydrogens is 234 g/mol. The van der Waals surface area contributed by atoms with Gasteiger partial charge in [0.05, 0.1) is 4.92 Å². The first kappa shape index (κ1) is 14.4. The van der Waals surface area contributed by atoms with Crippen LogP contribution in [-0.4, -0.2) is 35.2 Å². The summed E-state index contributed by atoms with van der Waals surface area (Å²) in [6.07, 6.45) is 2.74. The minimum Gasteiger partial charge on any atom is -0.396 e. The molecule has 0 saturated carbocycles. The Hall–Kier alpha value is -1.69. The summed E-state index contributed by atoms with van der Waals surface area (Å²) in [5.41, 5.74) is 0.479. The Kier molecular flexibility index (Phi) is 5.51. The van der Waals surface area contributed by atoms with Crippen LogP contribution in [0, 0.1) is 17.0 Å². The molecule has 6 heteroatoms. The van der Waals surface area contributed by atoms with E-state index in [1.807, 2.05) is 11.9 Å². The number of unbranched alkanes of at least 4 members (excludes halogenated alkanes) is 2. The lowest BCUT2D eigenvalue weighted by atomic mass is 10.2. The lowest BCUT2D eigenvalue weighted by molar-refractivity contribution is -0.385. The van der Waals surface area contributed by atoms with Crippen molar-refractivity contribution in [2.75, 3.05) is 25.1 Å². The van der Waals surface area contributed by atoms with Crippen molar-refractivity contribution in [3.63, 3.8) is 0 Å². The largest absolute Gasteiger partial charge is 0.396 e. The highest BCUT2D eigenvalue weighted by Gasteiger charge is 2.13. The van der Waals surface area contributed by atoms with Gasteiger partial charge in [-0.15, -0.1) is 0 Å². The Bertz CT molecular complexity index is 410. The van der Waals surface area contributed by atoms with E-state index >= 15 is 0 Å². The van der Waals surface area contributed by atoms with Crippen molar-refractivity contribution in [1.29, 1.82) is 0 Å². The quantitative estimate of drug-likeness (QED) is 0.456. The summed E-state index contributed by atoms with van der Waals surface area (Å²) < 4.78 is 0. The van der Waals surface area contributed by atoms with E-state index in [2.05, 4.69) is 4.98 Å². The minimum atomic E-state index is -0.423. The van der Waals surface area contributed by atoms with Crippen LogP contribution >= 0.6 is 0 Å². The molecule has 0 fully saturated rings. The maximum Gasteiger partial charge on any atom is 0.290 e. The van der Waals surface area contributed by atoms with Crippen LogP contribution in [0.15, 0.2) is 12.1 Å². The van der Waals surface area contributed by atoms with E-state index < -0.39 is 4.92 Å². The van der Waals surface area contributed by atoms with Crippen molar-refractivity contribution in [3.05, 3.63) is 27.9 Å². The summed E-state index contributed by atoms with van der Waals surface area (Å²) in [6, 6.07) is 3.15. The van der Waals surface area contributed by atoms with Crippen molar-refractivity contribution in [1.82, 2.24) is 4.98 Å². The second-order valence-corrected chi connectivity index (χ2v) is 4.24. The number of aliphatic hydroxyl groups excluding tert-OH is 1. The zero-order valence-corrected chi connectivity index (χ0v) is 10.8. The second-order valence-electron chi connectivity index (χ2n) is 4.24. The van der Waals surface area contributed by atoms with Crippen LogP contribution in [0.4, 0.5) is 11.5 Å². The molecule has 1 rings (SSSR count). The number of rotatable bonds is 7. The zero-order valence-electron chi connectivity index (χ0n) is 10.8. The van der Waals surface area contributed by atoms with E-state index in [0.29, 0.717) is 5.69 Å². The van der Waals surface area contributed by atoms with Gasteiger partial charge in [-0.05, 0) is 32.3 Å². The lowest BCUT2D eigenvalue weighted by Gasteiger charge is -2.18. The van der Waals surface area contributed by atoms with Crippen molar-refractivity contribution in [2.45, 2.75) is 26.2 Å². The Morgan fingerprint density at radius 3 is 2.67 bits per heavy atom. The first-order valence-corrected chi connectivity index (χ1v) is 6.00. The Morgan fingerprint density at radius 1 is 1.39 bits per heavy atom. The molecule has 0 aliphatic rings. The monoisotopic (exact) mass is 253 g/mol. The smallest absolute Gasteiger partial charge is 0.290 e. The number of nitrogens with zero attached hydrogens (tertiary/aromatic N) is 3. The third-order valence-corrected chi connectivity index (χ3v) is 2.78. The maximum absolute atomic E-state index is 10.7. The van der Waals surface area contributed by atoms with Crippen LogP contribution in [0.2, 0.25) is 0 Å². The molecule has 0 spiro atoms. The minimum absolute atomic E-state index is 0.0485. The molecule has 0 amide bonds. The Morgan fingerprint density at radius 2 is 2.11 bits per heavy atom. The molecule has 0 atom stereocenters. The van der Waals surface area contributed by atoms with Crippen LogP contribution in [0.1, 0.15) is 25.0 Å². The van der Waals surface area contributed by atoms with Crippen LogP contribution in [0.25, 0.3) is 0 Å². The fourth-order valence-corrected chi connectivity index (χ4v) is 1.70. The van der Waals surface area contributed by atoms with Gasteiger partial charge >= 0.3 is 0 Å². The summed E-state index contributed by atoms with van der Waals surface area (Å²) in [5, 5.41) is 19.4. The summed E-state index contributed by atoms with van der Waals surface area (Å²) in [7, 11) is 1.91. The van der Waals surface area contributed by atoms with Gasteiger partial charge in [0.1, 0.15) is 11.5 Å². The van der Waals surface area contributed by atoms with Gasteiger partial charge < -0.3 is 10.0 Å². The maximum atomic E-state index is 10.7. The number of anilines is 1. The van der Waals surface area contributed by atoms with Gasteiger partial charge in [0.2, 0.25) is 0 Å². The zero-order chi connectivity index (χ0) is 13.5. The molecule has 1 N–H and O–H groups in total. The van der Waals surface area contributed by atoms with Gasteiger partial charge in [0.15, 0.2) is 0 Å². The van der Waals surface area contributed by atoms with Crippen LogP contribution in [0.3, 0.4) is 0 Å². The highest BCUT2D eigenvalue weighted by atomic mass is 16.6. The van der Waals surface area contributed by atoms with E-state index in [9.17, 15) is 10.1 Å². The number of hydrogen-bond donors (Lipinski definition) is 1. The Labute approximate surface area is 106 Å². The first-order chi connectivity index (χ1) is 8.56. The van der Waals surface area contributed by atoms with Crippen LogP contribution in [-0.2, 0) is 0 Å². The molecular formula is C12H19N3O3. The number of aromatic nitrogens is 1. The summed E-state index contributed by atoms with van der Waals surface area (Å²) in [5.74, 6) is 0.738. The highest BCUT2D eigenvalue weighted by Crippen LogP contribution is 2.19. The van der Waals surface area contributed by atoms with Crippen molar-refractivity contribution < 1.29 is 10.0 Å². The van der Waals surface area contributed by atoms with Crippen molar-refractivity contribution in [3.8, 4) is 0 Å². The number of nitro groups is 1. The molecule has 0 aliphatic carbocycles. The van der Waals surface area contributed by atoms with E-state index in [1.165, 1.54) is 6.07 Å². The molecule has 0 unspecified atom stereocenters. The standard InChI is InChI=1S/C12H19N3O3/c1-10-11(15(17)18)6-7-12(13-10)14(2)8-4-3-5-9-16/h6-7,16H,3-5,8-9H2,1-2H3. The molecule has 1 heterocycles. The third kappa shape index (κ3) is 3.96. The normalized spacial score (nSPS) is 10.4. The highest BCUT2D eigenvalue weighted by molar-refractivity contribution is 5.46. The summed E-state index contributed by atoms with van der Waals surface area (Å²) in [6.45, 7) is 2.68. The molecule has 0 aliphatic heterocycles. The average Bonchev–Trinajstić information content (AvgIpc) is 2.33. The molecule has 0 aromatic carbocycles. The predicted octanol–water partition coefficient (Wildman–Crippen LogP) is 1.90. The first-order valence-electron chi connectivity index (χ1n) is 6.00. The molecule has 6 nitrogen and oxygen atoms in total. The van der Waals surface area contributed by atoms with Gasteiger partial charge in [-0.1, -0.05) is 0 Å². The molecule has 0 bridgehead atoms. The van der Waals surface area contributed by atoms with Crippen molar-refractivity contribution >= 4 is 11.5 Å². The van der Waals surface area contributed by atoms with Crippen LogP contribution in [0.5, 0.6) is 0 Å². The van der Waals surface area contributed by atoms with Gasteiger partial charge in [0.25, 0.3) is 5.69 Å². The molecule has 100 valence electrons. The number of hydrogen-bond acceptors (Lipinski definition) is 5. The Balaban J connectivity index is 2.61. The SMILES string of the molecule is Cc1nc(N(C)CCCCCO)ccc1[N+](=O)[O-]. The van der Waals surface area contributed by atoms with Crippen LogP contribution < -0.4 is 4.90 Å². The number of aryl methyl sites for hydroxylation is 1. The van der Waals surface area contributed by atoms with E-state index in [-0.39, 0.29) is 12.3 Å². The van der Waals surface area contributed by atoms with Gasteiger partial charge in [0, 0.05) is 26.3 Å². The fraction of sp³-hybridized carbons (Fsp3) is 0.583.